The van der Waals surface area contributed by atoms with Gasteiger partial charge < -0.3 is 5.32 Å². The molecule has 2 aromatic rings. The predicted molar refractivity (Wildman–Crippen MR) is 63.5 cm³/mol. The molecule has 0 unspecified atom stereocenters. The molecular formula is C11H9BrFN3. The number of benzene rings is 1. The Bertz CT molecular complexity index is 476. The Labute approximate surface area is 101 Å². The first-order valence-corrected chi connectivity index (χ1v) is 5.50. The molecule has 82 valence electrons. The van der Waals surface area contributed by atoms with Crippen LogP contribution < -0.4 is 5.32 Å². The van der Waals surface area contributed by atoms with Gasteiger partial charge in [-0.2, -0.15) is 0 Å². The van der Waals surface area contributed by atoms with Gasteiger partial charge in [-0.25, -0.2) is 14.4 Å². The van der Waals surface area contributed by atoms with Crippen molar-refractivity contribution in [2.24, 2.45) is 0 Å². The van der Waals surface area contributed by atoms with Crippen LogP contribution in [0.25, 0.3) is 0 Å². The lowest BCUT2D eigenvalue weighted by Crippen LogP contribution is -2.03. The zero-order chi connectivity index (χ0) is 11.4. The molecule has 0 saturated heterocycles. The van der Waals surface area contributed by atoms with Gasteiger partial charge in [0.05, 0.1) is 11.0 Å². The van der Waals surface area contributed by atoms with Crippen LogP contribution in [0, 0.1) is 5.82 Å². The van der Waals surface area contributed by atoms with Gasteiger partial charge in [-0.3, -0.25) is 0 Å². The quantitative estimate of drug-likeness (QED) is 0.940. The maximum absolute atomic E-state index is 13.2. The number of hydrogen-bond acceptors (Lipinski definition) is 3. The number of rotatable bonds is 3. The number of aromatic nitrogens is 2. The van der Waals surface area contributed by atoms with E-state index in [1.54, 1.807) is 30.6 Å². The maximum atomic E-state index is 13.2. The molecule has 1 aromatic carbocycles. The third kappa shape index (κ3) is 2.76. The average molecular weight is 282 g/mol. The number of anilines is 1. The summed E-state index contributed by atoms with van der Waals surface area (Å²) in [6.45, 7) is 0.474. The summed E-state index contributed by atoms with van der Waals surface area (Å²) >= 11 is 3.10. The molecular weight excluding hydrogens is 273 g/mol. The van der Waals surface area contributed by atoms with Crippen molar-refractivity contribution in [3.05, 3.63) is 52.8 Å². The second kappa shape index (κ2) is 5.03. The summed E-state index contributed by atoms with van der Waals surface area (Å²) in [5.74, 6) is 0.379. The first-order valence-electron chi connectivity index (χ1n) is 4.70. The Morgan fingerprint density at radius 3 is 2.69 bits per heavy atom. The van der Waals surface area contributed by atoms with Crippen molar-refractivity contribution in [1.82, 2.24) is 9.97 Å². The number of nitrogens with one attached hydrogen (secondary N) is 1. The van der Waals surface area contributed by atoms with E-state index in [9.17, 15) is 4.39 Å². The topological polar surface area (TPSA) is 37.8 Å². The van der Waals surface area contributed by atoms with Crippen LogP contribution in [0.3, 0.4) is 0 Å². The van der Waals surface area contributed by atoms with Gasteiger partial charge in [-0.1, -0.05) is 0 Å². The lowest BCUT2D eigenvalue weighted by atomic mass is 10.3. The molecule has 1 aromatic heterocycles. The standard InChI is InChI=1S/C11H9BrFN3/c12-9-3-2-8(6-10(9)13)16-7-11-14-4-1-5-15-11/h1-6,16H,7H2. The van der Waals surface area contributed by atoms with Gasteiger partial charge in [-0.15, -0.1) is 0 Å². The third-order valence-corrected chi connectivity index (χ3v) is 2.63. The normalized spacial score (nSPS) is 10.1. The molecule has 0 bridgehead atoms. The second-order valence-electron chi connectivity index (χ2n) is 3.15. The molecule has 0 aliphatic rings. The predicted octanol–water partition coefficient (Wildman–Crippen LogP) is 2.99. The Balaban J connectivity index is 2.03. The smallest absolute Gasteiger partial charge is 0.147 e. The molecule has 1 heterocycles. The highest BCUT2D eigenvalue weighted by atomic mass is 79.9. The van der Waals surface area contributed by atoms with Gasteiger partial charge in [0.25, 0.3) is 0 Å². The van der Waals surface area contributed by atoms with Crippen molar-refractivity contribution in [3.63, 3.8) is 0 Å². The molecule has 0 spiro atoms. The van der Waals surface area contributed by atoms with Gasteiger partial charge in [0.1, 0.15) is 11.6 Å². The van der Waals surface area contributed by atoms with E-state index in [1.807, 2.05) is 0 Å². The second-order valence-corrected chi connectivity index (χ2v) is 4.00. The zero-order valence-corrected chi connectivity index (χ0v) is 9.91. The third-order valence-electron chi connectivity index (χ3n) is 1.99. The summed E-state index contributed by atoms with van der Waals surface area (Å²) in [5, 5.41) is 3.04. The van der Waals surface area contributed by atoms with Gasteiger partial charge in [-0.05, 0) is 40.2 Å². The number of nitrogens with zero attached hydrogens (tertiary/aromatic N) is 2. The molecule has 0 amide bonds. The lowest BCUT2D eigenvalue weighted by molar-refractivity contribution is 0.621. The largest absolute Gasteiger partial charge is 0.378 e. The summed E-state index contributed by atoms with van der Waals surface area (Å²) < 4.78 is 13.6. The molecule has 1 N–H and O–H groups in total. The van der Waals surface area contributed by atoms with E-state index in [-0.39, 0.29) is 5.82 Å². The monoisotopic (exact) mass is 281 g/mol. The fourth-order valence-electron chi connectivity index (χ4n) is 1.21. The van der Waals surface area contributed by atoms with Crippen molar-refractivity contribution in [2.75, 3.05) is 5.32 Å². The summed E-state index contributed by atoms with van der Waals surface area (Å²) in [4.78, 5) is 8.11. The van der Waals surface area contributed by atoms with Crippen molar-refractivity contribution in [2.45, 2.75) is 6.54 Å². The SMILES string of the molecule is Fc1cc(NCc2ncccn2)ccc1Br. The van der Waals surface area contributed by atoms with Crippen molar-refractivity contribution < 1.29 is 4.39 Å². The van der Waals surface area contributed by atoms with Gasteiger partial charge in [0.15, 0.2) is 0 Å². The Morgan fingerprint density at radius 1 is 1.25 bits per heavy atom. The molecule has 0 saturated carbocycles. The number of hydrogen-bond donors (Lipinski definition) is 1. The molecule has 3 nitrogen and oxygen atoms in total. The van der Waals surface area contributed by atoms with E-state index >= 15 is 0 Å². The van der Waals surface area contributed by atoms with E-state index in [1.165, 1.54) is 6.07 Å². The summed E-state index contributed by atoms with van der Waals surface area (Å²) in [6, 6.07) is 6.62. The Morgan fingerprint density at radius 2 is 2.00 bits per heavy atom. The van der Waals surface area contributed by atoms with E-state index in [2.05, 4.69) is 31.2 Å². The first-order chi connectivity index (χ1) is 7.75. The fourth-order valence-corrected chi connectivity index (χ4v) is 1.46. The van der Waals surface area contributed by atoms with Crippen molar-refractivity contribution >= 4 is 21.6 Å². The maximum Gasteiger partial charge on any atom is 0.147 e. The number of halogens is 2. The van der Waals surface area contributed by atoms with Crippen LogP contribution in [0.2, 0.25) is 0 Å². The van der Waals surface area contributed by atoms with Crippen LogP contribution in [-0.4, -0.2) is 9.97 Å². The Kier molecular flexibility index (Phi) is 3.46. The van der Waals surface area contributed by atoms with E-state index < -0.39 is 0 Å². The minimum Gasteiger partial charge on any atom is -0.378 e. The summed E-state index contributed by atoms with van der Waals surface area (Å²) in [5.41, 5.74) is 0.702. The minimum atomic E-state index is -0.293. The van der Waals surface area contributed by atoms with E-state index in [0.29, 0.717) is 22.5 Å². The van der Waals surface area contributed by atoms with Crippen LogP contribution in [-0.2, 0) is 6.54 Å². The van der Waals surface area contributed by atoms with Crippen LogP contribution in [0.5, 0.6) is 0 Å². The molecule has 0 fully saturated rings. The van der Waals surface area contributed by atoms with Crippen LogP contribution in [0.15, 0.2) is 41.1 Å². The fraction of sp³-hybridized carbons (Fsp3) is 0.0909. The van der Waals surface area contributed by atoms with Crippen LogP contribution >= 0.6 is 15.9 Å². The highest BCUT2D eigenvalue weighted by Crippen LogP contribution is 2.19. The van der Waals surface area contributed by atoms with Gasteiger partial charge in [0.2, 0.25) is 0 Å². The molecule has 0 radical (unpaired) electrons. The first kappa shape index (κ1) is 11.0. The van der Waals surface area contributed by atoms with Crippen LogP contribution in [0.4, 0.5) is 10.1 Å². The average Bonchev–Trinajstić information content (AvgIpc) is 2.32. The lowest BCUT2D eigenvalue weighted by Gasteiger charge is -2.05. The molecule has 2 rings (SSSR count). The molecule has 0 atom stereocenters. The zero-order valence-electron chi connectivity index (χ0n) is 8.32. The molecule has 5 heteroatoms. The van der Waals surface area contributed by atoms with Gasteiger partial charge in [0, 0.05) is 18.1 Å². The summed E-state index contributed by atoms with van der Waals surface area (Å²) in [7, 11) is 0. The summed E-state index contributed by atoms with van der Waals surface area (Å²) in [6.07, 6.45) is 3.35. The van der Waals surface area contributed by atoms with E-state index in [4.69, 9.17) is 0 Å². The molecule has 16 heavy (non-hydrogen) atoms. The van der Waals surface area contributed by atoms with E-state index in [0.717, 1.165) is 0 Å². The highest BCUT2D eigenvalue weighted by Gasteiger charge is 2.00. The molecule has 0 aliphatic carbocycles. The molecule has 0 aliphatic heterocycles. The Hall–Kier alpha value is -1.49. The minimum absolute atomic E-state index is 0.293. The van der Waals surface area contributed by atoms with Crippen molar-refractivity contribution in [1.29, 1.82) is 0 Å². The highest BCUT2D eigenvalue weighted by molar-refractivity contribution is 9.10. The van der Waals surface area contributed by atoms with Gasteiger partial charge >= 0.3 is 0 Å². The van der Waals surface area contributed by atoms with Crippen molar-refractivity contribution in [3.8, 4) is 0 Å². The van der Waals surface area contributed by atoms with Crippen LogP contribution in [0.1, 0.15) is 5.82 Å².